The van der Waals surface area contributed by atoms with E-state index in [0.717, 1.165) is 21.8 Å². The third kappa shape index (κ3) is 1.40. The summed E-state index contributed by atoms with van der Waals surface area (Å²) < 4.78 is 0. The molecule has 0 amide bonds. The summed E-state index contributed by atoms with van der Waals surface area (Å²) in [5.74, 6) is 0. The monoisotopic (exact) mass is 229 g/mol. The van der Waals surface area contributed by atoms with Crippen LogP contribution in [-0.2, 0) is 0 Å². The maximum atomic E-state index is 8.72. The van der Waals surface area contributed by atoms with Crippen LogP contribution in [0.15, 0.2) is 42.5 Å². The Bertz CT molecular complexity index is 694. The number of para-hydroxylation sites is 1. The van der Waals surface area contributed by atoms with Gasteiger partial charge in [0.05, 0.1) is 0 Å². The Morgan fingerprint density at radius 1 is 0.938 bits per heavy atom. The largest absolute Gasteiger partial charge is 1.00 e. The van der Waals surface area contributed by atoms with E-state index in [1.54, 1.807) is 6.07 Å². The lowest BCUT2D eigenvalue weighted by Crippen LogP contribution is -3.00. The second-order valence-corrected chi connectivity index (χ2v) is 3.50. The van der Waals surface area contributed by atoms with E-state index in [-0.39, 0.29) is 12.4 Å². The Balaban J connectivity index is 0.000000963. The van der Waals surface area contributed by atoms with Crippen LogP contribution in [0.25, 0.3) is 26.8 Å². The molecule has 2 aromatic carbocycles. The van der Waals surface area contributed by atoms with Crippen LogP contribution in [0.5, 0.6) is 0 Å². The molecule has 3 nitrogen and oxygen atoms in total. The Morgan fingerprint density at radius 3 is 2.50 bits per heavy atom. The van der Waals surface area contributed by atoms with Crippen LogP contribution in [0.4, 0.5) is 5.69 Å². The number of aromatic nitrogens is 1. The summed E-state index contributed by atoms with van der Waals surface area (Å²) in [5.41, 5.74) is 2.73. The fourth-order valence-corrected chi connectivity index (χ4v) is 1.90. The first-order chi connectivity index (χ1) is 7.38. The third-order valence-corrected chi connectivity index (χ3v) is 2.61. The number of nitrogens with zero attached hydrogens (tertiary/aromatic N) is 2. The van der Waals surface area contributed by atoms with Crippen molar-refractivity contribution in [3.63, 3.8) is 0 Å². The van der Waals surface area contributed by atoms with Gasteiger partial charge < -0.3 is 17.4 Å². The second kappa shape index (κ2) is 3.84. The van der Waals surface area contributed by atoms with Gasteiger partial charge in [-0.25, -0.2) is 0 Å². The van der Waals surface area contributed by atoms with E-state index in [2.05, 4.69) is 16.0 Å². The van der Waals surface area contributed by atoms with Crippen molar-refractivity contribution in [1.82, 2.24) is 4.98 Å². The molecule has 0 saturated carbocycles. The lowest BCUT2D eigenvalue weighted by Gasteiger charge is -1.86. The van der Waals surface area contributed by atoms with Gasteiger partial charge >= 0.3 is 5.69 Å². The molecule has 16 heavy (non-hydrogen) atoms. The molecule has 0 bridgehead atoms. The number of H-pyrrole nitrogens is 1. The molecular formula is C12H8ClN3. The number of rotatable bonds is 0. The molecule has 1 aromatic heterocycles. The van der Waals surface area contributed by atoms with Gasteiger partial charge in [0.2, 0.25) is 5.39 Å². The van der Waals surface area contributed by atoms with Crippen molar-refractivity contribution in [1.29, 1.82) is 5.39 Å². The van der Waals surface area contributed by atoms with Gasteiger partial charge in [-0.3, -0.25) is 0 Å². The molecule has 1 heterocycles. The lowest BCUT2D eigenvalue weighted by atomic mass is 10.1. The molecule has 0 radical (unpaired) electrons. The maximum absolute atomic E-state index is 8.72. The Hall–Kier alpha value is -2.05. The lowest BCUT2D eigenvalue weighted by molar-refractivity contribution is -0.00000317. The SMILES string of the molecule is N#[N+]c1ccc2[nH]c3ccccc3c2c1.[Cl-]. The number of nitrogens with one attached hydrogen (secondary N) is 1. The van der Waals surface area contributed by atoms with E-state index in [4.69, 9.17) is 5.39 Å². The second-order valence-electron chi connectivity index (χ2n) is 3.50. The standard InChI is InChI=1S/C12H8N3.ClH/c13-15-8-5-6-12-10(7-8)9-3-1-2-4-11(9)14-12;/h1-7,14H;1H/q+1;/p-1. The van der Waals surface area contributed by atoms with Crippen LogP contribution >= 0.6 is 0 Å². The Labute approximate surface area is 98.1 Å². The number of benzene rings is 2. The first kappa shape index (κ1) is 10.5. The van der Waals surface area contributed by atoms with Crippen molar-refractivity contribution in [2.45, 2.75) is 0 Å². The molecule has 4 heteroatoms. The number of hydrogen-bond donors (Lipinski definition) is 1. The first-order valence-electron chi connectivity index (χ1n) is 4.74. The third-order valence-electron chi connectivity index (χ3n) is 2.61. The van der Waals surface area contributed by atoms with Crippen LogP contribution in [0.2, 0.25) is 0 Å². The summed E-state index contributed by atoms with van der Waals surface area (Å²) >= 11 is 0. The average Bonchev–Trinajstić information content (AvgIpc) is 2.66. The molecule has 0 spiro atoms. The quantitative estimate of drug-likeness (QED) is 0.570. The number of halogens is 1. The van der Waals surface area contributed by atoms with Gasteiger partial charge in [-0.1, -0.05) is 18.2 Å². The highest BCUT2D eigenvalue weighted by molar-refractivity contribution is 6.08. The first-order valence-corrected chi connectivity index (χ1v) is 4.74. The average molecular weight is 230 g/mol. The minimum Gasteiger partial charge on any atom is -1.00 e. The Kier molecular flexibility index (Phi) is 2.51. The molecule has 1 N–H and O–H groups in total. The molecule has 0 saturated heterocycles. The van der Waals surface area contributed by atoms with Crippen molar-refractivity contribution in [3.8, 4) is 0 Å². The molecule has 3 aromatic rings. The number of hydrogen-bond acceptors (Lipinski definition) is 1. The van der Waals surface area contributed by atoms with Gasteiger partial charge in [0.25, 0.3) is 0 Å². The van der Waals surface area contributed by atoms with Gasteiger partial charge in [0, 0.05) is 33.9 Å². The zero-order valence-corrected chi connectivity index (χ0v) is 9.07. The van der Waals surface area contributed by atoms with Crippen LogP contribution in [0.1, 0.15) is 0 Å². The molecule has 78 valence electrons. The smallest absolute Gasteiger partial charge is 0.385 e. The molecule has 0 unspecified atom stereocenters. The van der Waals surface area contributed by atoms with Gasteiger partial charge in [-0.2, -0.15) is 0 Å². The number of fused-ring (bicyclic) bond motifs is 3. The van der Waals surface area contributed by atoms with E-state index in [1.807, 2.05) is 30.3 Å². The predicted octanol–water partition coefficient (Wildman–Crippen LogP) is 0.810. The van der Waals surface area contributed by atoms with Crippen molar-refractivity contribution in [3.05, 3.63) is 47.4 Å². The topological polar surface area (TPSA) is 43.9 Å². The van der Waals surface area contributed by atoms with E-state index < -0.39 is 0 Å². The van der Waals surface area contributed by atoms with Gasteiger partial charge in [0.1, 0.15) is 0 Å². The summed E-state index contributed by atoms with van der Waals surface area (Å²) in [6, 6.07) is 13.6. The summed E-state index contributed by atoms with van der Waals surface area (Å²) in [5, 5.41) is 11.0. The highest BCUT2D eigenvalue weighted by Gasteiger charge is 2.09. The number of diazo groups is 1. The van der Waals surface area contributed by atoms with E-state index in [9.17, 15) is 0 Å². The molecule has 0 aliphatic carbocycles. The summed E-state index contributed by atoms with van der Waals surface area (Å²) in [6.45, 7) is 0. The van der Waals surface area contributed by atoms with Crippen LogP contribution in [-0.4, -0.2) is 4.98 Å². The number of aromatic amines is 1. The minimum atomic E-state index is 0. The van der Waals surface area contributed by atoms with Crippen LogP contribution in [0, 0.1) is 5.39 Å². The van der Waals surface area contributed by atoms with E-state index in [1.165, 1.54) is 0 Å². The maximum Gasteiger partial charge on any atom is 0.385 e. The fraction of sp³-hybridized carbons (Fsp3) is 0. The highest BCUT2D eigenvalue weighted by atomic mass is 35.5. The molecule has 0 atom stereocenters. The molecular weight excluding hydrogens is 222 g/mol. The van der Waals surface area contributed by atoms with Crippen LogP contribution < -0.4 is 12.4 Å². The summed E-state index contributed by atoms with van der Waals surface area (Å²) in [7, 11) is 0. The molecule has 0 aliphatic heterocycles. The van der Waals surface area contributed by atoms with Crippen molar-refractivity contribution < 1.29 is 12.4 Å². The highest BCUT2D eigenvalue weighted by Crippen LogP contribution is 2.28. The van der Waals surface area contributed by atoms with Gasteiger partial charge in [-0.05, 0) is 12.1 Å². The van der Waals surface area contributed by atoms with Gasteiger partial charge in [0.15, 0.2) is 4.98 Å². The van der Waals surface area contributed by atoms with Gasteiger partial charge in [-0.15, -0.1) is 0 Å². The predicted molar refractivity (Wildman–Crippen MR) is 60.5 cm³/mol. The van der Waals surface area contributed by atoms with E-state index >= 15 is 0 Å². The van der Waals surface area contributed by atoms with Crippen molar-refractivity contribution >= 4 is 27.5 Å². The van der Waals surface area contributed by atoms with Crippen LogP contribution in [0.3, 0.4) is 0 Å². The zero-order chi connectivity index (χ0) is 10.3. The van der Waals surface area contributed by atoms with E-state index in [0.29, 0.717) is 5.69 Å². The van der Waals surface area contributed by atoms with Crippen molar-refractivity contribution in [2.24, 2.45) is 0 Å². The summed E-state index contributed by atoms with van der Waals surface area (Å²) in [4.78, 5) is 6.50. The van der Waals surface area contributed by atoms with Crippen molar-refractivity contribution in [2.75, 3.05) is 0 Å². The molecule has 0 aliphatic rings. The normalized spacial score (nSPS) is 9.94. The summed E-state index contributed by atoms with van der Waals surface area (Å²) in [6.07, 6.45) is 0. The minimum absolute atomic E-state index is 0. The molecule has 3 rings (SSSR count). The Morgan fingerprint density at radius 2 is 1.69 bits per heavy atom. The zero-order valence-electron chi connectivity index (χ0n) is 8.31. The molecule has 0 fully saturated rings. The fourth-order valence-electron chi connectivity index (χ4n) is 1.90.